The molecule has 3 aromatic heterocycles. The predicted molar refractivity (Wildman–Crippen MR) is 126 cm³/mol. The first-order valence-electron chi connectivity index (χ1n) is 11.5. The van der Waals surface area contributed by atoms with Gasteiger partial charge in [0.2, 0.25) is 5.88 Å². The molecule has 0 aromatic carbocycles. The van der Waals surface area contributed by atoms with E-state index in [1.165, 1.54) is 12.0 Å². The molecule has 1 aliphatic rings. The summed E-state index contributed by atoms with van der Waals surface area (Å²) in [6.07, 6.45) is 9.63. The largest absolute Gasteiger partial charge is 0.481 e. The highest BCUT2D eigenvalue weighted by molar-refractivity contribution is 5.68. The molecule has 0 fully saturated rings. The molecule has 0 saturated carbocycles. The van der Waals surface area contributed by atoms with Crippen LogP contribution in [0.4, 0.5) is 5.82 Å². The number of pyridine rings is 2. The Kier molecular flexibility index (Phi) is 7.22. The Balaban J connectivity index is 1.39. The summed E-state index contributed by atoms with van der Waals surface area (Å²) in [5, 5.41) is 12.9. The number of carboxylic acids is 1. The minimum Gasteiger partial charge on any atom is -0.481 e. The van der Waals surface area contributed by atoms with Crippen molar-refractivity contribution >= 4 is 11.8 Å². The summed E-state index contributed by atoms with van der Waals surface area (Å²) < 4.78 is 7.15. The smallest absolute Gasteiger partial charge is 0.304 e. The zero-order valence-electron chi connectivity index (χ0n) is 19.3. The van der Waals surface area contributed by atoms with E-state index in [4.69, 9.17) is 9.72 Å². The molecule has 4 rings (SSSR count). The zero-order chi connectivity index (χ0) is 23.2. The van der Waals surface area contributed by atoms with Crippen LogP contribution in [0.25, 0.3) is 0 Å². The maximum Gasteiger partial charge on any atom is 0.304 e. The number of methoxy groups -OCH3 is 1. The summed E-state index contributed by atoms with van der Waals surface area (Å²) >= 11 is 0. The standard InChI is InChI=1S/C25H31N5O3/c1-30-20(8-4-3-7-19-11-9-17-6-5-13-26-24(17)29-19)16-28-25(30)21(14-23(31)32)18-10-12-22(33-2)27-15-18/h9-12,15-16,21H,3-8,13-14H2,1-2H3,(H,26,29)(H,31,32)/t21-/m0/s1. The Labute approximate surface area is 194 Å². The highest BCUT2D eigenvalue weighted by atomic mass is 16.5. The molecule has 1 aliphatic heterocycles. The number of unbranched alkanes of at least 4 members (excludes halogenated alkanes) is 1. The number of hydrogen-bond donors (Lipinski definition) is 2. The van der Waals surface area contributed by atoms with E-state index < -0.39 is 5.97 Å². The van der Waals surface area contributed by atoms with Crippen LogP contribution in [0, 0.1) is 0 Å². The number of nitrogens with zero attached hydrogens (tertiary/aromatic N) is 4. The van der Waals surface area contributed by atoms with Crippen LogP contribution in [0.15, 0.2) is 36.7 Å². The van der Waals surface area contributed by atoms with Crippen molar-refractivity contribution in [2.75, 3.05) is 19.0 Å². The van der Waals surface area contributed by atoms with Gasteiger partial charge in [0.25, 0.3) is 0 Å². The lowest BCUT2D eigenvalue weighted by atomic mass is 9.96. The number of anilines is 1. The second kappa shape index (κ2) is 10.5. The van der Waals surface area contributed by atoms with Gasteiger partial charge in [-0.25, -0.2) is 15.0 Å². The molecule has 3 aromatic rings. The van der Waals surface area contributed by atoms with E-state index in [0.29, 0.717) is 5.88 Å². The maximum absolute atomic E-state index is 11.5. The second-order valence-corrected chi connectivity index (χ2v) is 8.50. The van der Waals surface area contributed by atoms with Crippen LogP contribution in [0.5, 0.6) is 5.88 Å². The quantitative estimate of drug-likeness (QED) is 0.455. The summed E-state index contributed by atoms with van der Waals surface area (Å²) in [5.74, 6) is 1.05. The number of hydrogen-bond acceptors (Lipinski definition) is 6. The van der Waals surface area contributed by atoms with Gasteiger partial charge in [0, 0.05) is 43.4 Å². The summed E-state index contributed by atoms with van der Waals surface area (Å²) in [7, 11) is 3.51. The van der Waals surface area contributed by atoms with Crippen molar-refractivity contribution in [3.63, 3.8) is 0 Å². The van der Waals surface area contributed by atoms with Crippen LogP contribution in [0.2, 0.25) is 0 Å². The lowest BCUT2D eigenvalue weighted by molar-refractivity contribution is -0.137. The third kappa shape index (κ3) is 5.50. The fourth-order valence-corrected chi connectivity index (χ4v) is 4.39. The number of aromatic nitrogens is 4. The fraction of sp³-hybridized carbons (Fsp3) is 0.440. The van der Waals surface area contributed by atoms with Crippen LogP contribution in [-0.2, 0) is 31.1 Å². The van der Waals surface area contributed by atoms with Gasteiger partial charge < -0.3 is 19.7 Å². The van der Waals surface area contributed by atoms with Crippen LogP contribution >= 0.6 is 0 Å². The van der Waals surface area contributed by atoms with Crippen molar-refractivity contribution in [1.82, 2.24) is 19.5 Å². The molecular formula is C25H31N5O3. The summed E-state index contributed by atoms with van der Waals surface area (Å²) in [6.45, 7) is 1.00. The Morgan fingerprint density at radius 1 is 1.18 bits per heavy atom. The molecular weight excluding hydrogens is 418 g/mol. The number of rotatable bonds is 10. The third-order valence-electron chi connectivity index (χ3n) is 6.25. The van der Waals surface area contributed by atoms with Gasteiger partial charge in [-0.3, -0.25) is 4.79 Å². The van der Waals surface area contributed by atoms with E-state index in [0.717, 1.165) is 67.2 Å². The summed E-state index contributed by atoms with van der Waals surface area (Å²) in [6, 6.07) is 7.95. The molecule has 0 spiro atoms. The molecule has 0 amide bonds. The van der Waals surface area contributed by atoms with E-state index >= 15 is 0 Å². The maximum atomic E-state index is 11.5. The van der Waals surface area contributed by atoms with Gasteiger partial charge in [0.1, 0.15) is 11.6 Å². The SMILES string of the molecule is COc1ccc([C@H](CC(=O)O)c2ncc(CCCCc3ccc4c(n3)NCCC4)n2C)cn1. The molecule has 0 unspecified atom stereocenters. The first-order chi connectivity index (χ1) is 16.0. The molecule has 4 heterocycles. The number of ether oxygens (including phenoxy) is 1. The number of aliphatic carboxylic acids is 1. The number of aryl methyl sites for hydroxylation is 3. The molecule has 1 atom stereocenters. The van der Waals surface area contributed by atoms with Crippen molar-refractivity contribution in [2.45, 2.75) is 50.9 Å². The van der Waals surface area contributed by atoms with Crippen molar-refractivity contribution in [3.8, 4) is 5.88 Å². The molecule has 0 saturated heterocycles. The molecule has 174 valence electrons. The first kappa shape index (κ1) is 22.8. The molecule has 0 bridgehead atoms. The lowest BCUT2D eigenvalue weighted by Gasteiger charge is -2.17. The highest BCUT2D eigenvalue weighted by Crippen LogP contribution is 2.28. The van der Waals surface area contributed by atoms with E-state index in [-0.39, 0.29) is 12.3 Å². The van der Waals surface area contributed by atoms with Gasteiger partial charge in [0.05, 0.1) is 19.4 Å². The molecule has 8 heteroatoms. The van der Waals surface area contributed by atoms with E-state index in [1.54, 1.807) is 19.4 Å². The minimum absolute atomic E-state index is 0.0453. The Morgan fingerprint density at radius 2 is 2.03 bits per heavy atom. The van der Waals surface area contributed by atoms with Crippen molar-refractivity contribution in [1.29, 1.82) is 0 Å². The summed E-state index contributed by atoms with van der Waals surface area (Å²) in [5.41, 5.74) is 4.35. The van der Waals surface area contributed by atoms with Gasteiger partial charge >= 0.3 is 5.97 Å². The second-order valence-electron chi connectivity index (χ2n) is 8.50. The molecule has 2 N–H and O–H groups in total. The van der Waals surface area contributed by atoms with Crippen LogP contribution < -0.4 is 10.1 Å². The summed E-state index contributed by atoms with van der Waals surface area (Å²) in [4.78, 5) is 25.2. The van der Waals surface area contributed by atoms with Crippen molar-refractivity contribution < 1.29 is 14.6 Å². The van der Waals surface area contributed by atoms with Gasteiger partial charge in [-0.15, -0.1) is 0 Å². The Bertz CT molecular complexity index is 1090. The topological polar surface area (TPSA) is 102 Å². The predicted octanol–water partition coefficient (Wildman–Crippen LogP) is 3.75. The van der Waals surface area contributed by atoms with Gasteiger partial charge in [0.15, 0.2) is 0 Å². The molecule has 0 radical (unpaired) electrons. The van der Waals surface area contributed by atoms with Crippen LogP contribution in [-0.4, -0.2) is 44.2 Å². The van der Waals surface area contributed by atoms with Crippen LogP contribution in [0.1, 0.15) is 59.9 Å². The fourth-order valence-electron chi connectivity index (χ4n) is 4.39. The van der Waals surface area contributed by atoms with E-state index in [9.17, 15) is 9.90 Å². The number of carboxylic acid groups (broad SMARTS) is 1. The van der Waals surface area contributed by atoms with Crippen molar-refractivity contribution in [3.05, 3.63) is 65.0 Å². The lowest BCUT2D eigenvalue weighted by Crippen LogP contribution is -2.14. The zero-order valence-corrected chi connectivity index (χ0v) is 19.3. The molecule has 33 heavy (non-hydrogen) atoms. The average molecular weight is 450 g/mol. The Morgan fingerprint density at radius 3 is 2.79 bits per heavy atom. The minimum atomic E-state index is -0.868. The molecule has 0 aliphatic carbocycles. The van der Waals surface area contributed by atoms with Gasteiger partial charge in [-0.1, -0.05) is 12.1 Å². The molecule has 8 nitrogen and oxygen atoms in total. The van der Waals surface area contributed by atoms with E-state index in [2.05, 4.69) is 27.4 Å². The van der Waals surface area contributed by atoms with Gasteiger partial charge in [-0.2, -0.15) is 0 Å². The third-order valence-corrected chi connectivity index (χ3v) is 6.25. The normalized spacial score (nSPS) is 13.8. The number of carbonyl (C=O) groups is 1. The highest BCUT2D eigenvalue weighted by Gasteiger charge is 2.23. The number of imidazole rings is 1. The van der Waals surface area contributed by atoms with Crippen LogP contribution in [0.3, 0.4) is 0 Å². The van der Waals surface area contributed by atoms with E-state index in [1.807, 2.05) is 23.9 Å². The Hall–Kier alpha value is -3.42. The number of nitrogens with one attached hydrogen (secondary N) is 1. The van der Waals surface area contributed by atoms with Gasteiger partial charge in [-0.05, 0) is 55.7 Å². The first-order valence-corrected chi connectivity index (χ1v) is 11.5. The monoisotopic (exact) mass is 449 g/mol. The van der Waals surface area contributed by atoms with Crippen molar-refractivity contribution in [2.24, 2.45) is 7.05 Å². The average Bonchev–Trinajstić information content (AvgIpc) is 3.20. The number of fused-ring (bicyclic) bond motifs is 1.